The zero-order valence-electron chi connectivity index (χ0n) is 20.7. The minimum atomic E-state index is -0.341. The second kappa shape index (κ2) is 12.5. The third kappa shape index (κ3) is 6.18. The van der Waals surface area contributed by atoms with Gasteiger partial charge in [-0.05, 0) is 32.0 Å². The van der Waals surface area contributed by atoms with E-state index in [0.29, 0.717) is 29.4 Å². The normalized spacial score (nSPS) is 12.8. The van der Waals surface area contributed by atoms with Crippen LogP contribution in [0.2, 0.25) is 5.02 Å². The molecular weight excluding hydrogens is 519 g/mol. The Morgan fingerprint density at radius 3 is 2.68 bits per heavy atom. The van der Waals surface area contributed by atoms with E-state index in [2.05, 4.69) is 26.5 Å². The molecule has 10 nitrogen and oxygen atoms in total. The maximum absolute atomic E-state index is 13.3. The monoisotopic (exact) mass is 544 g/mol. The van der Waals surface area contributed by atoms with Gasteiger partial charge in [0.2, 0.25) is 6.41 Å². The van der Waals surface area contributed by atoms with Crippen molar-refractivity contribution in [2.45, 2.75) is 33.7 Å². The summed E-state index contributed by atoms with van der Waals surface area (Å²) < 4.78 is 16.0. The number of benzene rings is 1. The van der Waals surface area contributed by atoms with Crippen LogP contribution in [0.15, 0.2) is 36.8 Å². The van der Waals surface area contributed by atoms with Gasteiger partial charge in [0.05, 0.1) is 35.5 Å². The molecule has 4 aromatic rings. The highest BCUT2D eigenvalue weighted by atomic mass is 35.5. The van der Waals surface area contributed by atoms with Crippen LogP contribution in [0, 0.1) is 17.2 Å². The Kier molecular flexibility index (Phi) is 9.43. The number of carbonyl (C=O) groups excluding carboxylic acids is 2. The van der Waals surface area contributed by atoms with Gasteiger partial charge < -0.3 is 10.2 Å². The number of amides is 2. The van der Waals surface area contributed by atoms with Crippen molar-refractivity contribution in [2.75, 3.05) is 13.1 Å². The van der Waals surface area contributed by atoms with Gasteiger partial charge in [0.15, 0.2) is 23.8 Å². The highest BCUT2D eigenvalue weighted by Crippen LogP contribution is 2.26. The zero-order chi connectivity index (χ0) is 27.1. The maximum Gasteiger partial charge on any atom is 0.255 e. The molecule has 0 saturated carbocycles. The fraction of sp³-hybridized carbons (Fsp3) is 0.333. The van der Waals surface area contributed by atoms with E-state index in [1.807, 2.05) is 33.8 Å². The lowest BCUT2D eigenvalue weighted by Gasteiger charge is -2.31. The molecule has 2 amide bonds. The Labute approximate surface area is 222 Å². The molecule has 1 aliphatic heterocycles. The van der Waals surface area contributed by atoms with Gasteiger partial charge in [-0.1, -0.05) is 25.4 Å². The molecule has 0 bridgehead atoms. The minimum absolute atomic E-state index is 0.0400. The fourth-order valence-electron chi connectivity index (χ4n) is 3.48. The molecule has 1 fully saturated rings. The van der Waals surface area contributed by atoms with Crippen molar-refractivity contribution in [3.05, 3.63) is 47.4 Å². The minimum Gasteiger partial charge on any atom is -0.350 e. The molecule has 3 aromatic heterocycles. The van der Waals surface area contributed by atoms with Crippen LogP contribution in [0.25, 0.3) is 27.9 Å². The third-order valence-electron chi connectivity index (χ3n) is 5.18. The van der Waals surface area contributed by atoms with Gasteiger partial charge in [-0.2, -0.15) is 10.4 Å². The molecule has 0 atom stereocenters. The number of hydrogen-bond donors (Lipinski definition) is 1. The molecule has 1 aromatic carbocycles. The number of aromatic nitrogens is 5. The fourth-order valence-corrected chi connectivity index (χ4v) is 4.01. The van der Waals surface area contributed by atoms with Gasteiger partial charge >= 0.3 is 0 Å². The summed E-state index contributed by atoms with van der Waals surface area (Å²) in [4.78, 5) is 32.7. The molecule has 194 valence electrons. The summed E-state index contributed by atoms with van der Waals surface area (Å²) in [5.74, 6) is 0.173. The number of hydrogen-bond acceptors (Lipinski definition) is 7. The lowest BCUT2D eigenvalue weighted by atomic mass is 10.0. The first kappa shape index (κ1) is 27.9. The van der Waals surface area contributed by atoms with Crippen LogP contribution in [0.1, 0.15) is 38.1 Å². The Morgan fingerprint density at radius 1 is 1.32 bits per heavy atom. The van der Waals surface area contributed by atoms with E-state index in [-0.39, 0.29) is 41.4 Å². The summed E-state index contributed by atoms with van der Waals surface area (Å²) in [5.41, 5.74) is 1.60. The average Bonchev–Trinajstić information content (AvgIpc) is 3.45. The molecule has 1 aliphatic rings. The summed E-state index contributed by atoms with van der Waals surface area (Å²) in [5, 5.41) is 16.8. The van der Waals surface area contributed by atoms with Crippen molar-refractivity contribution >= 4 is 58.3 Å². The number of fused-ring (bicyclic) bond motifs is 2. The van der Waals surface area contributed by atoms with Crippen LogP contribution in [-0.4, -0.2) is 60.1 Å². The average molecular weight is 545 g/mol. The van der Waals surface area contributed by atoms with E-state index in [0.717, 1.165) is 17.3 Å². The molecular formula is C24H26ClFN8O2S. The summed E-state index contributed by atoms with van der Waals surface area (Å²) in [6.07, 6.45) is 5.31. The SMILES string of the molecule is CC.CC(C)NC(=O)c1cn(SF)c2ncc(-n3ncc4cc(Cl)ccc43)nc12.N#CC1CN(C=O)C1. The lowest BCUT2D eigenvalue weighted by molar-refractivity contribution is -0.122. The summed E-state index contributed by atoms with van der Waals surface area (Å²) >= 11 is 5.98. The first-order chi connectivity index (χ1) is 17.8. The van der Waals surface area contributed by atoms with E-state index < -0.39 is 0 Å². The van der Waals surface area contributed by atoms with Crippen molar-refractivity contribution in [3.8, 4) is 11.9 Å². The van der Waals surface area contributed by atoms with Crippen LogP contribution in [0.5, 0.6) is 0 Å². The number of rotatable bonds is 5. The quantitative estimate of drug-likeness (QED) is 0.365. The zero-order valence-corrected chi connectivity index (χ0v) is 22.3. The summed E-state index contributed by atoms with van der Waals surface area (Å²) in [6.45, 7) is 8.94. The highest BCUT2D eigenvalue weighted by molar-refractivity contribution is 7.92. The number of likely N-dealkylation sites (tertiary alicyclic amines) is 1. The third-order valence-corrected chi connectivity index (χ3v) is 5.84. The Hall–Kier alpha value is -3.69. The predicted molar refractivity (Wildman–Crippen MR) is 142 cm³/mol. The van der Waals surface area contributed by atoms with Crippen LogP contribution in [0.4, 0.5) is 3.89 Å². The number of halogens is 2. The van der Waals surface area contributed by atoms with Gasteiger partial charge in [-0.15, -0.1) is 3.89 Å². The molecule has 0 radical (unpaired) electrons. The standard InChI is InChI=1S/C17H14ClFN6OS.C5H6N2O.C2H6/c1-9(2)22-17(26)12-8-24(27-19)16-15(12)23-14(7-20-16)25-13-4-3-11(18)5-10(13)6-21-25;6-1-5-2-7(3-5)4-8;1-2/h3-9H,1-2H3,(H,22,26);4-5H,2-3H2;1-2H3. The predicted octanol–water partition coefficient (Wildman–Crippen LogP) is 4.57. The summed E-state index contributed by atoms with van der Waals surface area (Å²) in [7, 11) is 0. The van der Waals surface area contributed by atoms with Gasteiger partial charge in [-0.3, -0.25) is 9.59 Å². The van der Waals surface area contributed by atoms with Gasteiger partial charge in [0, 0.05) is 35.7 Å². The molecule has 4 heterocycles. The molecule has 0 unspecified atom stereocenters. The molecule has 37 heavy (non-hydrogen) atoms. The highest BCUT2D eigenvalue weighted by Gasteiger charge is 2.24. The maximum atomic E-state index is 13.3. The molecule has 13 heteroatoms. The number of nitrogens with one attached hydrogen (secondary N) is 1. The smallest absolute Gasteiger partial charge is 0.255 e. The van der Waals surface area contributed by atoms with E-state index in [4.69, 9.17) is 16.9 Å². The van der Waals surface area contributed by atoms with Crippen LogP contribution in [-0.2, 0) is 4.79 Å². The van der Waals surface area contributed by atoms with Gasteiger partial charge in [-0.25, -0.2) is 18.6 Å². The second-order valence-corrected chi connectivity index (χ2v) is 9.08. The van der Waals surface area contributed by atoms with Crippen molar-refractivity contribution in [1.82, 2.24) is 33.9 Å². The molecule has 0 spiro atoms. The van der Waals surface area contributed by atoms with Gasteiger partial charge in [0.1, 0.15) is 5.52 Å². The van der Waals surface area contributed by atoms with Crippen molar-refractivity contribution in [3.63, 3.8) is 0 Å². The Morgan fingerprint density at radius 2 is 2.05 bits per heavy atom. The van der Waals surface area contributed by atoms with E-state index in [9.17, 15) is 13.5 Å². The molecule has 5 rings (SSSR count). The number of carbonyl (C=O) groups is 2. The van der Waals surface area contributed by atoms with E-state index >= 15 is 0 Å². The largest absolute Gasteiger partial charge is 0.350 e. The molecule has 0 aliphatic carbocycles. The van der Waals surface area contributed by atoms with Crippen LogP contribution >= 0.6 is 23.9 Å². The summed E-state index contributed by atoms with van der Waals surface area (Å²) in [6, 6.07) is 7.38. The molecule has 1 saturated heterocycles. The van der Waals surface area contributed by atoms with Crippen LogP contribution < -0.4 is 5.32 Å². The topological polar surface area (TPSA) is 122 Å². The Bertz CT molecular complexity index is 1440. The first-order valence-electron chi connectivity index (χ1n) is 11.5. The van der Waals surface area contributed by atoms with Crippen LogP contribution in [0.3, 0.4) is 0 Å². The van der Waals surface area contributed by atoms with E-state index in [1.165, 1.54) is 16.4 Å². The molecule has 1 N–H and O–H groups in total. The lowest BCUT2D eigenvalue weighted by Crippen LogP contribution is -2.44. The first-order valence-corrected chi connectivity index (χ1v) is 12.6. The van der Waals surface area contributed by atoms with E-state index in [1.54, 1.807) is 27.9 Å². The number of nitrogens with zero attached hydrogens (tertiary/aromatic N) is 7. The number of nitriles is 1. The Balaban J connectivity index is 0.000000322. The second-order valence-electron chi connectivity index (χ2n) is 8.11. The van der Waals surface area contributed by atoms with Crippen molar-refractivity contribution < 1.29 is 13.5 Å². The van der Waals surface area contributed by atoms with Crippen molar-refractivity contribution in [1.29, 1.82) is 5.26 Å². The van der Waals surface area contributed by atoms with Crippen molar-refractivity contribution in [2.24, 2.45) is 5.92 Å². The van der Waals surface area contributed by atoms with Gasteiger partial charge in [0.25, 0.3) is 5.91 Å².